The maximum absolute atomic E-state index is 13.7. The van der Waals surface area contributed by atoms with E-state index in [1.54, 1.807) is 19.1 Å². The molecule has 0 bridgehead atoms. The normalized spacial score (nSPS) is 26.4. The zero-order valence-corrected chi connectivity index (χ0v) is 12.5. The van der Waals surface area contributed by atoms with Crippen molar-refractivity contribution in [2.75, 3.05) is 0 Å². The standard InChI is InChI=1S/C16H24FNO/c1-10-6-7-11(8-13(10)17)14(18)12-9-15(2,3)19-16(12,4)5/h6-8,12,14H,9,18H2,1-5H3. The molecule has 2 N–H and O–H groups in total. The second-order valence-electron chi connectivity index (χ2n) is 6.81. The van der Waals surface area contributed by atoms with Crippen LogP contribution in [-0.4, -0.2) is 11.2 Å². The number of aryl methyl sites for hydroxylation is 1. The summed E-state index contributed by atoms with van der Waals surface area (Å²) in [5.74, 6) is -0.00598. The van der Waals surface area contributed by atoms with Crippen LogP contribution in [-0.2, 0) is 4.74 Å². The lowest BCUT2D eigenvalue weighted by Crippen LogP contribution is -2.35. The van der Waals surface area contributed by atoms with E-state index in [1.807, 2.05) is 6.07 Å². The maximum Gasteiger partial charge on any atom is 0.126 e. The average Bonchev–Trinajstić information content (AvgIpc) is 2.49. The van der Waals surface area contributed by atoms with Crippen molar-refractivity contribution >= 4 is 0 Å². The Kier molecular flexibility index (Phi) is 3.48. The molecule has 1 aliphatic heterocycles. The molecule has 0 saturated carbocycles. The fourth-order valence-electron chi connectivity index (χ4n) is 3.21. The second-order valence-corrected chi connectivity index (χ2v) is 6.81. The minimum Gasteiger partial charge on any atom is -0.369 e. The van der Waals surface area contributed by atoms with Crippen LogP contribution in [0.1, 0.15) is 51.3 Å². The van der Waals surface area contributed by atoms with Gasteiger partial charge < -0.3 is 10.5 Å². The molecule has 2 rings (SSSR count). The minimum atomic E-state index is -0.287. The first-order valence-corrected chi connectivity index (χ1v) is 6.84. The van der Waals surface area contributed by atoms with Crippen molar-refractivity contribution in [1.29, 1.82) is 0 Å². The first-order valence-electron chi connectivity index (χ1n) is 6.84. The monoisotopic (exact) mass is 265 g/mol. The smallest absolute Gasteiger partial charge is 0.126 e. The molecule has 1 aliphatic rings. The summed E-state index contributed by atoms with van der Waals surface area (Å²) in [6.07, 6.45) is 0.886. The third-order valence-electron chi connectivity index (χ3n) is 4.16. The van der Waals surface area contributed by atoms with Crippen LogP contribution in [0.25, 0.3) is 0 Å². The van der Waals surface area contributed by atoms with Gasteiger partial charge >= 0.3 is 0 Å². The Morgan fingerprint density at radius 2 is 1.95 bits per heavy atom. The number of hydrogen-bond acceptors (Lipinski definition) is 2. The third-order valence-corrected chi connectivity index (χ3v) is 4.16. The van der Waals surface area contributed by atoms with Gasteiger partial charge in [0.05, 0.1) is 11.2 Å². The summed E-state index contributed by atoms with van der Waals surface area (Å²) < 4.78 is 19.8. The largest absolute Gasteiger partial charge is 0.369 e. The van der Waals surface area contributed by atoms with Gasteiger partial charge in [-0.2, -0.15) is 0 Å². The number of ether oxygens (including phenoxy) is 1. The van der Waals surface area contributed by atoms with Crippen molar-refractivity contribution in [3.63, 3.8) is 0 Å². The summed E-state index contributed by atoms with van der Waals surface area (Å²) >= 11 is 0. The van der Waals surface area contributed by atoms with E-state index in [2.05, 4.69) is 27.7 Å². The van der Waals surface area contributed by atoms with E-state index in [9.17, 15) is 4.39 Å². The van der Waals surface area contributed by atoms with Crippen molar-refractivity contribution in [2.24, 2.45) is 11.7 Å². The van der Waals surface area contributed by atoms with Crippen molar-refractivity contribution < 1.29 is 9.13 Å². The van der Waals surface area contributed by atoms with E-state index in [0.717, 1.165) is 12.0 Å². The van der Waals surface area contributed by atoms with Gasteiger partial charge in [0, 0.05) is 12.0 Å². The minimum absolute atomic E-state index is 0.172. The molecule has 1 saturated heterocycles. The molecule has 0 aliphatic carbocycles. The number of halogens is 1. The quantitative estimate of drug-likeness (QED) is 0.884. The molecular formula is C16H24FNO. The van der Waals surface area contributed by atoms with Gasteiger partial charge in [-0.05, 0) is 58.2 Å². The highest BCUT2D eigenvalue weighted by Crippen LogP contribution is 2.46. The molecule has 106 valence electrons. The molecule has 1 aromatic carbocycles. The molecule has 0 radical (unpaired) electrons. The van der Waals surface area contributed by atoms with Crippen molar-refractivity contribution in [3.8, 4) is 0 Å². The molecule has 1 aromatic rings. The van der Waals surface area contributed by atoms with E-state index < -0.39 is 0 Å². The van der Waals surface area contributed by atoms with Crippen molar-refractivity contribution in [1.82, 2.24) is 0 Å². The first-order chi connectivity index (χ1) is 8.62. The van der Waals surface area contributed by atoms with E-state index in [4.69, 9.17) is 10.5 Å². The van der Waals surface area contributed by atoms with Crippen LogP contribution < -0.4 is 5.73 Å². The molecule has 3 heteroatoms. The Morgan fingerprint density at radius 1 is 1.32 bits per heavy atom. The van der Waals surface area contributed by atoms with Crippen LogP contribution in [0, 0.1) is 18.7 Å². The molecule has 1 fully saturated rings. The summed E-state index contributed by atoms with van der Waals surface area (Å²) in [6.45, 7) is 10.1. The Hall–Kier alpha value is -0.930. The predicted octanol–water partition coefficient (Wildman–Crippen LogP) is 3.73. The van der Waals surface area contributed by atoms with Crippen LogP contribution in [0.15, 0.2) is 18.2 Å². The topological polar surface area (TPSA) is 35.2 Å². The number of rotatable bonds is 2. The van der Waals surface area contributed by atoms with Crippen LogP contribution in [0.3, 0.4) is 0 Å². The predicted molar refractivity (Wildman–Crippen MR) is 75.4 cm³/mol. The third kappa shape index (κ3) is 2.82. The second kappa shape index (κ2) is 4.57. The summed E-state index contributed by atoms with van der Waals surface area (Å²) in [4.78, 5) is 0. The molecule has 2 nitrogen and oxygen atoms in total. The number of hydrogen-bond donors (Lipinski definition) is 1. The fraction of sp³-hybridized carbons (Fsp3) is 0.625. The van der Waals surface area contributed by atoms with Gasteiger partial charge in [0.15, 0.2) is 0 Å². The summed E-state index contributed by atoms with van der Waals surface area (Å²) in [6, 6.07) is 5.07. The summed E-state index contributed by atoms with van der Waals surface area (Å²) in [7, 11) is 0. The van der Waals surface area contributed by atoms with Gasteiger partial charge in [-0.25, -0.2) is 4.39 Å². The van der Waals surface area contributed by atoms with Crippen molar-refractivity contribution in [2.45, 2.75) is 58.3 Å². The Balaban J connectivity index is 2.28. The Morgan fingerprint density at radius 3 is 2.42 bits per heavy atom. The highest BCUT2D eigenvalue weighted by molar-refractivity contribution is 5.27. The fourth-order valence-corrected chi connectivity index (χ4v) is 3.21. The SMILES string of the molecule is Cc1ccc(C(N)C2CC(C)(C)OC2(C)C)cc1F. The molecule has 0 aromatic heterocycles. The highest BCUT2D eigenvalue weighted by Gasteiger charge is 2.48. The van der Waals surface area contributed by atoms with Crippen LogP contribution in [0.2, 0.25) is 0 Å². The summed E-state index contributed by atoms with van der Waals surface area (Å²) in [5.41, 5.74) is 7.41. The van der Waals surface area contributed by atoms with E-state index in [0.29, 0.717) is 5.56 Å². The van der Waals surface area contributed by atoms with Gasteiger partial charge in [-0.15, -0.1) is 0 Å². The molecular weight excluding hydrogens is 241 g/mol. The van der Waals surface area contributed by atoms with Gasteiger partial charge in [0.1, 0.15) is 5.82 Å². The van der Waals surface area contributed by atoms with E-state index in [1.165, 1.54) is 0 Å². The molecule has 1 heterocycles. The highest BCUT2D eigenvalue weighted by atomic mass is 19.1. The van der Waals surface area contributed by atoms with E-state index >= 15 is 0 Å². The zero-order valence-electron chi connectivity index (χ0n) is 12.5. The lowest BCUT2D eigenvalue weighted by Gasteiger charge is -2.31. The Labute approximate surface area is 115 Å². The average molecular weight is 265 g/mol. The molecule has 2 unspecified atom stereocenters. The van der Waals surface area contributed by atoms with Gasteiger partial charge in [0.25, 0.3) is 0 Å². The van der Waals surface area contributed by atoms with E-state index in [-0.39, 0.29) is 29.0 Å². The molecule has 19 heavy (non-hydrogen) atoms. The lowest BCUT2D eigenvalue weighted by molar-refractivity contribution is -0.0767. The van der Waals surface area contributed by atoms with Crippen LogP contribution in [0.5, 0.6) is 0 Å². The van der Waals surface area contributed by atoms with Crippen LogP contribution in [0.4, 0.5) is 4.39 Å². The molecule has 0 spiro atoms. The lowest BCUT2D eigenvalue weighted by atomic mass is 9.79. The van der Waals surface area contributed by atoms with Gasteiger partial charge in [0.2, 0.25) is 0 Å². The Bertz CT molecular complexity index is 482. The van der Waals surface area contributed by atoms with Gasteiger partial charge in [-0.1, -0.05) is 12.1 Å². The summed E-state index contributed by atoms with van der Waals surface area (Å²) in [5, 5.41) is 0. The molecule has 2 atom stereocenters. The van der Waals surface area contributed by atoms with Crippen molar-refractivity contribution in [3.05, 3.63) is 35.1 Å². The number of nitrogens with two attached hydrogens (primary N) is 1. The maximum atomic E-state index is 13.7. The van der Waals surface area contributed by atoms with Gasteiger partial charge in [-0.3, -0.25) is 0 Å². The molecule has 0 amide bonds. The first kappa shape index (κ1) is 14.5. The number of benzene rings is 1. The van der Waals surface area contributed by atoms with Crippen LogP contribution >= 0.6 is 0 Å². The zero-order chi connectivity index (χ0) is 14.4.